The van der Waals surface area contributed by atoms with E-state index in [4.69, 9.17) is 16.3 Å². The number of hydrogen-bond donors (Lipinski definition) is 1. The molecule has 1 aromatic rings. The fraction of sp³-hybridized carbons (Fsp3) is 0.462. The molecule has 1 fully saturated rings. The number of hydrogen-bond acceptors (Lipinski definition) is 2. The highest BCUT2D eigenvalue weighted by molar-refractivity contribution is 6.33. The van der Waals surface area contributed by atoms with Gasteiger partial charge in [-0.1, -0.05) is 17.7 Å². The molecule has 98 valence electrons. The summed E-state index contributed by atoms with van der Waals surface area (Å²) >= 11 is 5.83. The van der Waals surface area contributed by atoms with Gasteiger partial charge in [0, 0.05) is 19.8 Å². The fourth-order valence-corrected chi connectivity index (χ4v) is 2.24. The first-order valence-electron chi connectivity index (χ1n) is 5.98. The molecule has 0 unspecified atom stereocenters. The summed E-state index contributed by atoms with van der Waals surface area (Å²) in [4.78, 5) is 11.9. The molecule has 0 radical (unpaired) electrons. The molecule has 0 aliphatic carbocycles. The molecule has 0 aromatic heterocycles. The average Bonchev–Trinajstić information content (AvgIpc) is 2.37. The predicted octanol–water partition coefficient (Wildman–Crippen LogP) is 2.64. The quantitative estimate of drug-likeness (QED) is 0.918. The van der Waals surface area contributed by atoms with Crippen LogP contribution < -0.4 is 5.32 Å². The molecule has 0 atom stereocenters. The summed E-state index contributed by atoms with van der Waals surface area (Å²) in [5.41, 5.74) is -0.0776. The summed E-state index contributed by atoms with van der Waals surface area (Å²) in [5, 5.41) is 2.87. The molecule has 1 heterocycles. The largest absolute Gasteiger partial charge is 0.381 e. The van der Waals surface area contributed by atoms with E-state index >= 15 is 0 Å². The minimum absolute atomic E-state index is 0.0776. The molecule has 1 aromatic carbocycles. The van der Waals surface area contributed by atoms with Crippen LogP contribution in [-0.2, 0) is 4.74 Å². The molecule has 1 aliphatic heterocycles. The van der Waals surface area contributed by atoms with Gasteiger partial charge in [-0.2, -0.15) is 0 Å². The molecule has 5 heteroatoms. The maximum absolute atomic E-state index is 13.5. The van der Waals surface area contributed by atoms with Crippen molar-refractivity contribution in [3.63, 3.8) is 0 Å². The van der Waals surface area contributed by atoms with E-state index in [9.17, 15) is 9.18 Å². The number of carbonyl (C=O) groups is 1. The summed E-state index contributed by atoms with van der Waals surface area (Å²) < 4.78 is 18.7. The summed E-state index contributed by atoms with van der Waals surface area (Å²) in [5.74, 6) is -0.648. The van der Waals surface area contributed by atoms with Gasteiger partial charge in [-0.3, -0.25) is 4.79 Å². The van der Waals surface area contributed by atoms with Gasteiger partial charge in [-0.25, -0.2) is 4.39 Å². The van der Waals surface area contributed by atoms with Crippen molar-refractivity contribution in [2.24, 2.45) is 5.92 Å². The Labute approximate surface area is 110 Å². The molecule has 1 aliphatic rings. The van der Waals surface area contributed by atoms with Crippen LogP contribution in [0.2, 0.25) is 5.02 Å². The lowest BCUT2D eigenvalue weighted by atomic mass is 10.0. The normalized spacial score (nSPS) is 16.6. The highest BCUT2D eigenvalue weighted by Gasteiger charge is 2.18. The average molecular weight is 272 g/mol. The van der Waals surface area contributed by atoms with Crippen molar-refractivity contribution in [1.29, 1.82) is 0 Å². The minimum Gasteiger partial charge on any atom is -0.381 e. The first kappa shape index (κ1) is 13.3. The van der Waals surface area contributed by atoms with Gasteiger partial charge in [-0.15, -0.1) is 0 Å². The summed E-state index contributed by atoms with van der Waals surface area (Å²) in [7, 11) is 0. The Morgan fingerprint density at radius 1 is 1.44 bits per heavy atom. The maximum Gasteiger partial charge on any atom is 0.255 e. The molecule has 1 amide bonds. The van der Waals surface area contributed by atoms with E-state index in [1.807, 2.05) is 0 Å². The van der Waals surface area contributed by atoms with Gasteiger partial charge >= 0.3 is 0 Å². The highest BCUT2D eigenvalue weighted by Crippen LogP contribution is 2.19. The lowest BCUT2D eigenvalue weighted by Gasteiger charge is -2.22. The van der Waals surface area contributed by atoms with Crippen molar-refractivity contribution in [2.75, 3.05) is 19.8 Å². The van der Waals surface area contributed by atoms with E-state index in [1.54, 1.807) is 0 Å². The molecule has 1 saturated heterocycles. The molecule has 0 bridgehead atoms. The smallest absolute Gasteiger partial charge is 0.255 e. The van der Waals surface area contributed by atoms with Crippen LogP contribution in [0.25, 0.3) is 0 Å². The predicted molar refractivity (Wildman–Crippen MR) is 67.3 cm³/mol. The van der Waals surface area contributed by atoms with Crippen molar-refractivity contribution >= 4 is 17.5 Å². The van der Waals surface area contributed by atoms with Crippen LogP contribution in [0.15, 0.2) is 18.2 Å². The number of benzene rings is 1. The van der Waals surface area contributed by atoms with Gasteiger partial charge in [0.05, 0.1) is 10.6 Å². The van der Waals surface area contributed by atoms with Crippen molar-refractivity contribution in [1.82, 2.24) is 5.32 Å². The molecule has 2 rings (SSSR count). The second-order valence-corrected chi connectivity index (χ2v) is 4.77. The Balaban J connectivity index is 1.95. The maximum atomic E-state index is 13.5. The summed E-state index contributed by atoms with van der Waals surface area (Å²) in [6.45, 7) is 1.98. The van der Waals surface area contributed by atoms with Crippen molar-refractivity contribution in [3.8, 4) is 0 Å². The Morgan fingerprint density at radius 2 is 2.17 bits per heavy atom. The van der Waals surface area contributed by atoms with Gasteiger partial charge in [0.2, 0.25) is 0 Å². The lowest BCUT2D eigenvalue weighted by molar-refractivity contribution is 0.0642. The number of ether oxygens (including phenoxy) is 1. The number of amides is 1. The first-order chi connectivity index (χ1) is 8.68. The van der Waals surface area contributed by atoms with Crippen molar-refractivity contribution in [3.05, 3.63) is 34.6 Å². The van der Waals surface area contributed by atoms with E-state index in [1.165, 1.54) is 18.2 Å². The van der Waals surface area contributed by atoms with Crippen molar-refractivity contribution in [2.45, 2.75) is 12.8 Å². The van der Waals surface area contributed by atoms with E-state index in [-0.39, 0.29) is 10.6 Å². The third kappa shape index (κ3) is 3.21. The van der Waals surface area contributed by atoms with E-state index in [2.05, 4.69) is 5.32 Å². The van der Waals surface area contributed by atoms with Gasteiger partial charge < -0.3 is 10.1 Å². The molecule has 0 saturated carbocycles. The van der Waals surface area contributed by atoms with Crippen molar-refractivity contribution < 1.29 is 13.9 Å². The third-order valence-electron chi connectivity index (χ3n) is 3.08. The van der Waals surface area contributed by atoms with E-state index < -0.39 is 11.7 Å². The fourth-order valence-electron chi connectivity index (χ4n) is 1.99. The summed E-state index contributed by atoms with van der Waals surface area (Å²) in [6, 6.07) is 4.22. The zero-order valence-corrected chi connectivity index (χ0v) is 10.7. The Kier molecular flexibility index (Phi) is 4.55. The summed E-state index contributed by atoms with van der Waals surface area (Å²) in [6.07, 6.45) is 1.84. The second kappa shape index (κ2) is 6.16. The molecule has 3 nitrogen and oxygen atoms in total. The van der Waals surface area contributed by atoms with Gasteiger partial charge in [0.25, 0.3) is 5.91 Å². The highest BCUT2D eigenvalue weighted by atomic mass is 35.5. The van der Waals surface area contributed by atoms with Crippen LogP contribution in [0.5, 0.6) is 0 Å². The molecule has 0 spiro atoms. The first-order valence-corrected chi connectivity index (χ1v) is 6.36. The van der Waals surface area contributed by atoms with Crippen LogP contribution in [0.4, 0.5) is 4.39 Å². The third-order valence-corrected chi connectivity index (χ3v) is 3.40. The van der Waals surface area contributed by atoms with Crippen LogP contribution in [0.1, 0.15) is 23.2 Å². The molecule has 18 heavy (non-hydrogen) atoms. The number of rotatable bonds is 3. The molecular weight excluding hydrogens is 257 g/mol. The molecular formula is C13H15ClFNO2. The van der Waals surface area contributed by atoms with Crippen LogP contribution in [0, 0.1) is 11.7 Å². The van der Waals surface area contributed by atoms with Gasteiger partial charge in [0.15, 0.2) is 0 Å². The topological polar surface area (TPSA) is 38.3 Å². The number of halogens is 2. The Hall–Kier alpha value is -1.13. The van der Waals surface area contributed by atoms with Crippen LogP contribution in [-0.4, -0.2) is 25.7 Å². The lowest BCUT2D eigenvalue weighted by Crippen LogP contribution is -2.32. The second-order valence-electron chi connectivity index (χ2n) is 4.36. The van der Waals surface area contributed by atoms with Gasteiger partial charge in [0.1, 0.15) is 5.82 Å². The van der Waals surface area contributed by atoms with E-state index in [0.29, 0.717) is 12.5 Å². The number of nitrogens with one attached hydrogen (secondary N) is 1. The minimum atomic E-state index is -0.591. The standard InChI is InChI=1S/C13H15ClFNO2/c14-10-2-1-3-11(15)12(10)13(17)16-8-9-4-6-18-7-5-9/h1-3,9H,4-8H2,(H,16,17). The van der Waals surface area contributed by atoms with Crippen LogP contribution >= 0.6 is 11.6 Å². The SMILES string of the molecule is O=C(NCC1CCOCC1)c1c(F)cccc1Cl. The molecule has 1 N–H and O–H groups in total. The zero-order chi connectivity index (χ0) is 13.0. The van der Waals surface area contributed by atoms with Gasteiger partial charge in [-0.05, 0) is 30.9 Å². The number of carbonyl (C=O) groups excluding carboxylic acids is 1. The van der Waals surface area contributed by atoms with E-state index in [0.717, 1.165) is 26.1 Å². The monoisotopic (exact) mass is 271 g/mol. The van der Waals surface area contributed by atoms with Crippen LogP contribution in [0.3, 0.4) is 0 Å². The zero-order valence-electron chi connectivity index (χ0n) is 9.92. The Bertz CT molecular complexity index is 413. The Morgan fingerprint density at radius 3 is 2.83 bits per heavy atom.